The molecule has 1 aromatic rings. The third kappa shape index (κ3) is 4.56. The van der Waals surface area contributed by atoms with Crippen LogP contribution in [0.4, 0.5) is 0 Å². The first kappa shape index (κ1) is 15.5. The second kappa shape index (κ2) is 7.14. The van der Waals surface area contributed by atoms with Gasteiger partial charge < -0.3 is 14.8 Å². The molecule has 0 aliphatic carbocycles. The monoisotopic (exact) mass is 265 g/mol. The summed E-state index contributed by atoms with van der Waals surface area (Å²) < 4.78 is 10.5. The van der Waals surface area contributed by atoms with E-state index in [1.54, 1.807) is 7.05 Å². The molecule has 19 heavy (non-hydrogen) atoms. The van der Waals surface area contributed by atoms with Gasteiger partial charge in [0, 0.05) is 0 Å². The number of methoxy groups -OCH3 is 1. The Labute approximate surface area is 115 Å². The van der Waals surface area contributed by atoms with Crippen LogP contribution in [0.25, 0.3) is 0 Å². The predicted octanol–water partition coefficient (Wildman–Crippen LogP) is 2.31. The maximum atomic E-state index is 11.6. The van der Waals surface area contributed by atoms with Gasteiger partial charge in [-0.1, -0.05) is 12.1 Å². The molecule has 0 saturated carbocycles. The number of carbonyl (C=O) groups excluding carboxylic acids is 1. The Morgan fingerprint density at radius 1 is 1.42 bits per heavy atom. The van der Waals surface area contributed by atoms with E-state index in [0.29, 0.717) is 13.0 Å². The molecule has 0 bridgehead atoms. The van der Waals surface area contributed by atoms with E-state index in [-0.39, 0.29) is 5.97 Å². The summed E-state index contributed by atoms with van der Waals surface area (Å²) in [7, 11) is 3.17. The lowest BCUT2D eigenvalue weighted by Crippen LogP contribution is -2.48. The summed E-state index contributed by atoms with van der Waals surface area (Å²) in [5, 5.41) is 3.01. The van der Waals surface area contributed by atoms with Crippen LogP contribution < -0.4 is 10.1 Å². The molecule has 106 valence electrons. The Morgan fingerprint density at radius 3 is 2.74 bits per heavy atom. The maximum absolute atomic E-state index is 11.6. The number of hydrogen-bond acceptors (Lipinski definition) is 4. The normalized spacial score (nSPS) is 13.7. The van der Waals surface area contributed by atoms with E-state index in [1.165, 1.54) is 12.7 Å². The average molecular weight is 265 g/mol. The Bertz CT molecular complexity index is 420. The van der Waals surface area contributed by atoms with Gasteiger partial charge >= 0.3 is 5.97 Å². The molecule has 0 fully saturated rings. The van der Waals surface area contributed by atoms with Gasteiger partial charge in [0.15, 0.2) is 0 Å². The number of hydrogen-bond donors (Lipinski definition) is 1. The summed E-state index contributed by atoms with van der Waals surface area (Å²) in [6.45, 7) is 4.45. The van der Waals surface area contributed by atoms with E-state index in [9.17, 15) is 4.79 Å². The van der Waals surface area contributed by atoms with Gasteiger partial charge in [0.05, 0.1) is 13.7 Å². The van der Waals surface area contributed by atoms with Gasteiger partial charge in [-0.25, -0.2) is 0 Å². The van der Waals surface area contributed by atoms with Crippen LogP contribution in [0.2, 0.25) is 0 Å². The van der Waals surface area contributed by atoms with Gasteiger partial charge in [-0.15, -0.1) is 0 Å². The fraction of sp³-hybridized carbons (Fsp3) is 0.533. The minimum Gasteiger partial charge on any atom is -0.494 e. The molecule has 0 heterocycles. The molecule has 0 aromatic heterocycles. The van der Waals surface area contributed by atoms with Crippen molar-refractivity contribution in [2.24, 2.45) is 0 Å². The maximum Gasteiger partial charge on any atom is 0.325 e. The second-order valence-corrected chi connectivity index (χ2v) is 4.84. The molecule has 1 atom stereocenters. The van der Waals surface area contributed by atoms with Crippen molar-refractivity contribution in [2.75, 3.05) is 20.8 Å². The molecular weight excluding hydrogens is 242 g/mol. The quantitative estimate of drug-likeness (QED) is 0.607. The van der Waals surface area contributed by atoms with Crippen LogP contribution in [0.1, 0.15) is 25.3 Å². The molecule has 4 heteroatoms. The SMILES string of the molecule is CNC(C)(CCCOc1cccc(C)c1)C(=O)OC. The summed E-state index contributed by atoms with van der Waals surface area (Å²) in [6, 6.07) is 7.93. The van der Waals surface area contributed by atoms with Gasteiger partial charge in [-0.05, 0) is 51.4 Å². The van der Waals surface area contributed by atoms with E-state index in [4.69, 9.17) is 9.47 Å². The molecule has 1 N–H and O–H groups in total. The highest BCUT2D eigenvalue weighted by Crippen LogP contribution is 2.16. The van der Waals surface area contributed by atoms with Crippen molar-refractivity contribution in [2.45, 2.75) is 32.2 Å². The van der Waals surface area contributed by atoms with Gasteiger partial charge in [-0.3, -0.25) is 4.79 Å². The smallest absolute Gasteiger partial charge is 0.325 e. The summed E-state index contributed by atoms with van der Waals surface area (Å²) >= 11 is 0. The molecule has 0 aliphatic heterocycles. The molecule has 4 nitrogen and oxygen atoms in total. The Balaban J connectivity index is 2.39. The van der Waals surface area contributed by atoms with Crippen molar-refractivity contribution >= 4 is 5.97 Å². The third-order valence-electron chi connectivity index (χ3n) is 3.27. The highest BCUT2D eigenvalue weighted by Gasteiger charge is 2.31. The first-order valence-corrected chi connectivity index (χ1v) is 6.48. The topological polar surface area (TPSA) is 47.6 Å². The highest BCUT2D eigenvalue weighted by atomic mass is 16.5. The number of carbonyl (C=O) groups is 1. The van der Waals surface area contributed by atoms with E-state index in [1.807, 2.05) is 38.1 Å². The van der Waals surface area contributed by atoms with Gasteiger partial charge in [0.25, 0.3) is 0 Å². The first-order valence-electron chi connectivity index (χ1n) is 6.48. The summed E-state index contributed by atoms with van der Waals surface area (Å²) in [5.74, 6) is 0.620. The molecule has 0 saturated heterocycles. The molecule has 1 rings (SSSR count). The van der Waals surface area contributed by atoms with Crippen molar-refractivity contribution in [1.82, 2.24) is 5.32 Å². The molecular formula is C15H23NO3. The van der Waals surface area contributed by atoms with E-state index in [2.05, 4.69) is 5.32 Å². The summed E-state index contributed by atoms with van der Waals surface area (Å²) in [5.41, 5.74) is 0.525. The van der Waals surface area contributed by atoms with Crippen LogP contribution in [0.5, 0.6) is 5.75 Å². The van der Waals surface area contributed by atoms with Gasteiger partial charge in [-0.2, -0.15) is 0 Å². The largest absolute Gasteiger partial charge is 0.494 e. The molecule has 0 aliphatic rings. The summed E-state index contributed by atoms with van der Waals surface area (Å²) in [4.78, 5) is 11.6. The number of esters is 1. The Morgan fingerprint density at radius 2 is 2.16 bits per heavy atom. The Kier molecular flexibility index (Phi) is 5.83. The number of benzene rings is 1. The lowest BCUT2D eigenvalue weighted by molar-refractivity contribution is -0.148. The Hall–Kier alpha value is -1.55. The summed E-state index contributed by atoms with van der Waals surface area (Å²) in [6.07, 6.45) is 1.45. The van der Waals surface area contributed by atoms with Crippen LogP contribution >= 0.6 is 0 Å². The molecule has 0 spiro atoms. The van der Waals surface area contributed by atoms with E-state index in [0.717, 1.165) is 12.2 Å². The molecule has 1 aromatic carbocycles. The van der Waals surface area contributed by atoms with Crippen LogP contribution in [-0.4, -0.2) is 32.3 Å². The fourth-order valence-corrected chi connectivity index (χ4v) is 1.88. The number of nitrogens with one attached hydrogen (secondary N) is 1. The molecule has 0 amide bonds. The predicted molar refractivity (Wildman–Crippen MR) is 75.4 cm³/mol. The molecule has 1 unspecified atom stereocenters. The van der Waals surface area contributed by atoms with Gasteiger partial charge in [0.1, 0.15) is 11.3 Å². The second-order valence-electron chi connectivity index (χ2n) is 4.84. The van der Waals surface area contributed by atoms with E-state index < -0.39 is 5.54 Å². The van der Waals surface area contributed by atoms with Crippen molar-refractivity contribution < 1.29 is 14.3 Å². The number of aryl methyl sites for hydroxylation is 1. The number of ether oxygens (including phenoxy) is 2. The van der Waals surface area contributed by atoms with Crippen molar-refractivity contribution in [3.63, 3.8) is 0 Å². The van der Waals surface area contributed by atoms with Crippen LogP contribution in [0.3, 0.4) is 0 Å². The zero-order chi connectivity index (χ0) is 14.3. The lowest BCUT2D eigenvalue weighted by Gasteiger charge is -2.25. The zero-order valence-electron chi connectivity index (χ0n) is 12.2. The number of rotatable bonds is 7. The minimum absolute atomic E-state index is 0.245. The van der Waals surface area contributed by atoms with E-state index >= 15 is 0 Å². The first-order chi connectivity index (χ1) is 9.01. The lowest BCUT2D eigenvalue weighted by atomic mass is 9.96. The van der Waals surface area contributed by atoms with Gasteiger partial charge in [0.2, 0.25) is 0 Å². The zero-order valence-corrected chi connectivity index (χ0v) is 12.2. The van der Waals surface area contributed by atoms with Crippen LogP contribution in [0.15, 0.2) is 24.3 Å². The average Bonchev–Trinajstić information content (AvgIpc) is 2.42. The van der Waals surface area contributed by atoms with Crippen molar-refractivity contribution in [3.8, 4) is 5.75 Å². The molecule has 0 radical (unpaired) electrons. The van der Waals surface area contributed by atoms with Crippen LogP contribution in [0, 0.1) is 6.92 Å². The van der Waals surface area contributed by atoms with Crippen LogP contribution in [-0.2, 0) is 9.53 Å². The fourth-order valence-electron chi connectivity index (χ4n) is 1.88. The standard InChI is InChI=1S/C15H23NO3/c1-12-7-5-8-13(11-12)19-10-6-9-15(2,16-3)14(17)18-4/h5,7-8,11,16H,6,9-10H2,1-4H3. The number of likely N-dealkylation sites (N-methyl/N-ethyl adjacent to an activating group) is 1. The minimum atomic E-state index is -0.648. The third-order valence-corrected chi connectivity index (χ3v) is 3.27. The van der Waals surface area contributed by atoms with Crippen molar-refractivity contribution in [3.05, 3.63) is 29.8 Å². The van der Waals surface area contributed by atoms with Crippen molar-refractivity contribution in [1.29, 1.82) is 0 Å². The highest BCUT2D eigenvalue weighted by molar-refractivity contribution is 5.80.